The van der Waals surface area contributed by atoms with Crippen molar-refractivity contribution in [1.82, 2.24) is 4.98 Å². The smallest absolute Gasteiger partial charge is 0.260 e. The molecule has 13 heavy (non-hydrogen) atoms. The van der Waals surface area contributed by atoms with Crippen molar-refractivity contribution in [3.63, 3.8) is 0 Å². The fourth-order valence-electron chi connectivity index (χ4n) is 0.753. The first-order valence-corrected chi connectivity index (χ1v) is 5.13. The first kappa shape index (κ1) is 10.0. The van der Waals surface area contributed by atoms with Crippen molar-refractivity contribution in [2.75, 3.05) is 0 Å². The lowest BCUT2D eigenvalue weighted by molar-refractivity contribution is 0.234. The van der Waals surface area contributed by atoms with Crippen LogP contribution < -0.4 is 0 Å². The van der Waals surface area contributed by atoms with Crippen molar-refractivity contribution in [2.24, 2.45) is 0 Å². The molecule has 0 saturated heterocycles. The Kier molecular flexibility index (Phi) is 2.92. The van der Waals surface area contributed by atoms with Gasteiger partial charge in [0.05, 0.1) is 11.4 Å². The Labute approximate surface area is 74.3 Å². The van der Waals surface area contributed by atoms with Gasteiger partial charge in [-0.1, -0.05) is 6.07 Å². The normalized spacial score (nSPS) is 11.9. The molecular weight excluding hydrogens is 200 g/mol. The molecule has 0 atom stereocenters. The lowest BCUT2D eigenvalue weighted by atomic mass is 10.4. The van der Waals surface area contributed by atoms with Crippen LogP contribution in [0.1, 0.15) is 5.69 Å². The Balaban J connectivity index is 2.82. The molecule has 0 saturated carbocycles. The van der Waals surface area contributed by atoms with Gasteiger partial charge in [0, 0.05) is 6.20 Å². The molecule has 0 aliphatic rings. The fourth-order valence-corrected chi connectivity index (χ4v) is 1.46. The highest BCUT2D eigenvalue weighted by Gasteiger charge is 2.24. The summed E-state index contributed by atoms with van der Waals surface area (Å²) in [5.41, 5.74) is 0.128. The minimum Gasteiger partial charge on any atom is -0.260 e. The van der Waals surface area contributed by atoms with Crippen molar-refractivity contribution in [3.8, 4) is 0 Å². The highest BCUT2D eigenvalue weighted by molar-refractivity contribution is 7.90. The van der Waals surface area contributed by atoms with Crippen LogP contribution in [-0.4, -0.2) is 19.2 Å². The van der Waals surface area contributed by atoms with E-state index in [1.165, 1.54) is 12.3 Å². The van der Waals surface area contributed by atoms with E-state index in [4.69, 9.17) is 0 Å². The number of rotatable bonds is 3. The number of sulfone groups is 1. The second-order valence-corrected chi connectivity index (χ2v) is 4.36. The fraction of sp³-hybridized carbons (Fsp3) is 0.286. The Bertz CT molecular complexity index is 363. The third kappa shape index (κ3) is 2.73. The first-order valence-electron chi connectivity index (χ1n) is 3.42. The molecule has 1 rings (SSSR count). The number of pyridine rings is 1. The van der Waals surface area contributed by atoms with Gasteiger partial charge in [0.15, 0.2) is 0 Å². The summed E-state index contributed by atoms with van der Waals surface area (Å²) in [5, 5.41) is 0. The zero-order valence-electron chi connectivity index (χ0n) is 6.52. The molecule has 0 aliphatic carbocycles. The predicted molar refractivity (Wildman–Crippen MR) is 42.9 cm³/mol. The maximum atomic E-state index is 11.9. The SMILES string of the molecule is O=S(=O)(Cc1ccccn1)C(F)F. The Morgan fingerprint density at radius 2 is 2.08 bits per heavy atom. The topological polar surface area (TPSA) is 47.0 Å². The second-order valence-electron chi connectivity index (χ2n) is 2.39. The largest absolute Gasteiger partial charge is 0.337 e. The van der Waals surface area contributed by atoms with E-state index in [2.05, 4.69) is 4.98 Å². The van der Waals surface area contributed by atoms with Crippen LogP contribution in [0.2, 0.25) is 0 Å². The lowest BCUT2D eigenvalue weighted by Gasteiger charge is -2.00. The molecule has 0 amide bonds. The van der Waals surface area contributed by atoms with Gasteiger partial charge in [0.2, 0.25) is 9.84 Å². The van der Waals surface area contributed by atoms with Crippen LogP contribution in [0.3, 0.4) is 0 Å². The second kappa shape index (κ2) is 3.78. The van der Waals surface area contributed by atoms with Gasteiger partial charge in [-0.25, -0.2) is 8.42 Å². The average molecular weight is 207 g/mol. The molecule has 72 valence electrons. The van der Waals surface area contributed by atoms with E-state index in [-0.39, 0.29) is 5.69 Å². The summed E-state index contributed by atoms with van der Waals surface area (Å²) in [5.74, 6) is -4.06. The zero-order valence-corrected chi connectivity index (χ0v) is 7.34. The van der Waals surface area contributed by atoms with Crippen LogP contribution in [0, 0.1) is 0 Å². The highest BCUT2D eigenvalue weighted by atomic mass is 32.2. The standard InChI is InChI=1S/C7H7F2NO2S/c8-7(9)13(11,12)5-6-3-1-2-4-10-6/h1-4,7H,5H2. The summed E-state index contributed by atoms with van der Waals surface area (Å²) in [7, 11) is -4.35. The molecule has 0 bridgehead atoms. The summed E-state index contributed by atoms with van der Waals surface area (Å²) in [6.45, 7) is 0. The van der Waals surface area contributed by atoms with Crippen molar-refractivity contribution in [3.05, 3.63) is 30.1 Å². The average Bonchev–Trinajstić information content (AvgIpc) is 2.05. The molecule has 0 fully saturated rings. The van der Waals surface area contributed by atoms with Gasteiger partial charge < -0.3 is 0 Å². The Hall–Kier alpha value is -1.04. The number of alkyl halides is 2. The molecule has 3 nitrogen and oxygen atoms in total. The maximum absolute atomic E-state index is 11.9. The summed E-state index contributed by atoms with van der Waals surface area (Å²) in [6, 6.07) is 4.52. The predicted octanol–water partition coefficient (Wildman–Crippen LogP) is 1.22. The van der Waals surface area contributed by atoms with Gasteiger partial charge in [-0.15, -0.1) is 0 Å². The molecule has 0 radical (unpaired) electrons. The molecular formula is C7H7F2NO2S. The first-order chi connectivity index (χ1) is 6.02. The van der Waals surface area contributed by atoms with Crippen molar-refractivity contribution in [2.45, 2.75) is 11.5 Å². The van der Waals surface area contributed by atoms with Gasteiger partial charge >= 0.3 is 5.76 Å². The van der Waals surface area contributed by atoms with Crippen LogP contribution in [0.25, 0.3) is 0 Å². The van der Waals surface area contributed by atoms with Crippen molar-refractivity contribution in [1.29, 1.82) is 0 Å². The van der Waals surface area contributed by atoms with Crippen LogP contribution in [-0.2, 0) is 15.6 Å². The molecule has 0 aromatic carbocycles. The number of aromatic nitrogens is 1. The molecule has 0 N–H and O–H groups in total. The van der Waals surface area contributed by atoms with E-state index in [0.29, 0.717) is 0 Å². The van der Waals surface area contributed by atoms with E-state index in [0.717, 1.165) is 0 Å². The third-order valence-electron chi connectivity index (χ3n) is 1.35. The van der Waals surface area contributed by atoms with Gasteiger partial charge in [-0.05, 0) is 12.1 Å². The number of halogens is 2. The van der Waals surface area contributed by atoms with Gasteiger partial charge in [-0.3, -0.25) is 4.98 Å². The number of hydrogen-bond donors (Lipinski definition) is 0. The molecule has 0 aliphatic heterocycles. The third-order valence-corrected chi connectivity index (χ3v) is 2.59. The minimum atomic E-state index is -4.35. The highest BCUT2D eigenvalue weighted by Crippen LogP contribution is 2.10. The molecule has 1 heterocycles. The molecule has 6 heteroatoms. The van der Waals surface area contributed by atoms with E-state index >= 15 is 0 Å². The summed E-state index contributed by atoms with van der Waals surface area (Å²) < 4.78 is 45.2. The van der Waals surface area contributed by atoms with Gasteiger partial charge in [0.1, 0.15) is 0 Å². The van der Waals surface area contributed by atoms with Crippen LogP contribution >= 0.6 is 0 Å². The molecule has 1 aromatic heterocycles. The monoisotopic (exact) mass is 207 g/mol. The Morgan fingerprint density at radius 1 is 1.38 bits per heavy atom. The summed E-state index contributed by atoms with van der Waals surface area (Å²) in [4.78, 5) is 3.63. The lowest BCUT2D eigenvalue weighted by Crippen LogP contribution is -2.14. The Morgan fingerprint density at radius 3 is 2.54 bits per heavy atom. The summed E-state index contributed by atoms with van der Waals surface area (Å²) in [6.07, 6.45) is 1.36. The van der Waals surface area contributed by atoms with Crippen LogP contribution in [0.15, 0.2) is 24.4 Å². The minimum absolute atomic E-state index is 0.128. The number of nitrogens with zero attached hydrogens (tertiary/aromatic N) is 1. The van der Waals surface area contributed by atoms with Crippen LogP contribution in [0.5, 0.6) is 0 Å². The summed E-state index contributed by atoms with van der Waals surface area (Å²) >= 11 is 0. The van der Waals surface area contributed by atoms with E-state index in [1.807, 2.05) is 0 Å². The maximum Gasteiger partial charge on any atom is 0.337 e. The van der Waals surface area contributed by atoms with Crippen molar-refractivity contribution >= 4 is 9.84 Å². The quantitative estimate of drug-likeness (QED) is 0.748. The van der Waals surface area contributed by atoms with Crippen LogP contribution in [0.4, 0.5) is 8.78 Å². The van der Waals surface area contributed by atoms with E-state index < -0.39 is 21.3 Å². The van der Waals surface area contributed by atoms with Crippen molar-refractivity contribution < 1.29 is 17.2 Å². The number of hydrogen-bond acceptors (Lipinski definition) is 3. The van der Waals surface area contributed by atoms with E-state index in [9.17, 15) is 17.2 Å². The molecule has 1 aromatic rings. The van der Waals surface area contributed by atoms with Gasteiger partial charge in [0.25, 0.3) is 0 Å². The molecule has 0 spiro atoms. The van der Waals surface area contributed by atoms with E-state index in [1.54, 1.807) is 12.1 Å². The molecule has 0 unspecified atom stereocenters. The zero-order chi connectivity index (χ0) is 9.90. The van der Waals surface area contributed by atoms with Gasteiger partial charge in [-0.2, -0.15) is 8.78 Å².